The molecule has 2 aliphatic heterocycles. The van der Waals surface area contributed by atoms with Crippen LogP contribution in [0.4, 0.5) is 9.59 Å². The van der Waals surface area contributed by atoms with Crippen LogP contribution in [-0.2, 0) is 32.0 Å². The van der Waals surface area contributed by atoms with Crippen LogP contribution in [0.1, 0.15) is 44.2 Å². The molecule has 5 atom stereocenters. The van der Waals surface area contributed by atoms with Gasteiger partial charge >= 0.3 is 12.2 Å². The van der Waals surface area contributed by atoms with E-state index in [0.717, 1.165) is 17.5 Å². The topological polar surface area (TPSA) is 130 Å². The molecule has 2 aromatic carbocycles. The summed E-state index contributed by atoms with van der Waals surface area (Å²) in [5.74, 6) is -0.0150. The number of nitrogens with one attached hydrogen (secondary N) is 1. The molecule has 10 heteroatoms. The molecule has 0 aromatic heterocycles. The van der Waals surface area contributed by atoms with Gasteiger partial charge in [0.15, 0.2) is 6.29 Å². The molecule has 2 unspecified atom stereocenters. The summed E-state index contributed by atoms with van der Waals surface area (Å²) >= 11 is 0. The molecule has 4 rings (SSSR count). The number of nitrogens with zero attached hydrogens (tertiary/aromatic N) is 2. The van der Waals surface area contributed by atoms with Gasteiger partial charge in [0.1, 0.15) is 12.7 Å². The Labute approximate surface area is 247 Å². The van der Waals surface area contributed by atoms with Gasteiger partial charge in [-0.05, 0) is 35.8 Å². The lowest BCUT2D eigenvalue weighted by Gasteiger charge is -2.35. The summed E-state index contributed by atoms with van der Waals surface area (Å²) < 4.78 is 22.4. The molecule has 0 bridgehead atoms. The van der Waals surface area contributed by atoms with Crippen molar-refractivity contribution in [1.82, 2.24) is 10.2 Å². The van der Waals surface area contributed by atoms with Crippen LogP contribution in [0.2, 0.25) is 0 Å². The van der Waals surface area contributed by atoms with Gasteiger partial charge in [0.2, 0.25) is 0 Å². The fourth-order valence-electron chi connectivity index (χ4n) is 5.38. The van der Waals surface area contributed by atoms with Crippen molar-refractivity contribution in [2.75, 3.05) is 26.3 Å². The third-order valence-corrected chi connectivity index (χ3v) is 7.71. The number of carbonyl (C=O) groups excluding carboxylic acids is 2. The SMILES string of the molecule is CC(C)(CCC#N)CN(CC(O)C(Cc1ccccc1)NC(=O)O[C@H]1CO[C@H]2OCC[C@H]21)C(=O)OCc1ccccc1. The van der Waals surface area contributed by atoms with Crippen LogP contribution < -0.4 is 5.32 Å². The van der Waals surface area contributed by atoms with Crippen LogP contribution >= 0.6 is 0 Å². The second-order valence-corrected chi connectivity index (χ2v) is 11.7. The predicted octanol–water partition coefficient (Wildman–Crippen LogP) is 4.41. The Balaban J connectivity index is 1.46. The highest BCUT2D eigenvalue weighted by atomic mass is 16.7. The zero-order chi connectivity index (χ0) is 30.0. The van der Waals surface area contributed by atoms with Crippen LogP contribution in [0.5, 0.6) is 0 Å². The minimum Gasteiger partial charge on any atom is -0.445 e. The molecule has 2 amide bonds. The summed E-state index contributed by atoms with van der Waals surface area (Å²) in [5, 5.41) is 23.4. The van der Waals surface area contributed by atoms with Gasteiger partial charge in [-0.3, -0.25) is 0 Å². The number of hydrogen-bond acceptors (Lipinski definition) is 8. The fourth-order valence-corrected chi connectivity index (χ4v) is 5.38. The first-order valence-corrected chi connectivity index (χ1v) is 14.5. The number of fused-ring (bicyclic) bond motifs is 1. The number of aliphatic hydroxyl groups excluding tert-OH is 1. The molecule has 2 aromatic rings. The van der Waals surface area contributed by atoms with Crippen molar-refractivity contribution in [3.05, 3.63) is 71.8 Å². The van der Waals surface area contributed by atoms with Gasteiger partial charge in [0.05, 0.1) is 43.9 Å². The van der Waals surface area contributed by atoms with Gasteiger partial charge in [-0.2, -0.15) is 5.26 Å². The number of nitriles is 1. The van der Waals surface area contributed by atoms with Gasteiger partial charge in [0, 0.05) is 13.0 Å². The van der Waals surface area contributed by atoms with Gasteiger partial charge in [0.25, 0.3) is 0 Å². The number of rotatable bonds is 13. The number of alkyl carbamates (subject to hydrolysis) is 1. The Kier molecular flexibility index (Phi) is 11.2. The summed E-state index contributed by atoms with van der Waals surface area (Å²) in [5.41, 5.74) is 1.33. The molecule has 226 valence electrons. The first-order valence-electron chi connectivity index (χ1n) is 14.5. The summed E-state index contributed by atoms with van der Waals surface area (Å²) in [7, 11) is 0. The quantitative estimate of drug-likeness (QED) is 0.357. The molecular weight excluding hydrogens is 538 g/mol. The molecule has 42 heavy (non-hydrogen) atoms. The third-order valence-electron chi connectivity index (χ3n) is 7.71. The average molecular weight is 580 g/mol. The lowest BCUT2D eigenvalue weighted by Crippen LogP contribution is -2.52. The van der Waals surface area contributed by atoms with Gasteiger partial charge in [-0.25, -0.2) is 9.59 Å². The number of ether oxygens (including phenoxy) is 4. The number of benzene rings is 2. The second kappa shape index (κ2) is 15.0. The van der Waals surface area contributed by atoms with E-state index >= 15 is 0 Å². The minimum absolute atomic E-state index is 0.0150. The third kappa shape index (κ3) is 9.18. The van der Waals surface area contributed by atoms with E-state index in [9.17, 15) is 14.7 Å². The zero-order valence-electron chi connectivity index (χ0n) is 24.3. The van der Waals surface area contributed by atoms with E-state index in [1.807, 2.05) is 74.5 Å². The van der Waals surface area contributed by atoms with Gasteiger partial charge < -0.3 is 34.3 Å². The molecule has 2 N–H and O–H groups in total. The molecule has 0 aliphatic carbocycles. The standard InChI is InChI=1S/C32H41N3O7/c1-32(2,15-9-16-33)22-35(31(38)41-20-24-12-7-4-8-13-24)19-27(36)26(18-23-10-5-3-6-11-23)34-30(37)42-28-21-40-29-25(28)14-17-39-29/h3-8,10-13,25-29,36H,9,14-15,17-22H2,1-2H3,(H,34,37)/t25-,26?,27?,28-,29+/m0/s1. The minimum atomic E-state index is -1.14. The Morgan fingerprint density at radius 1 is 1.12 bits per heavy atom. The molecule has 0 spiro atoms. The van der Waals surface area contributed by atoms with E-state index in [4.69, 9.17) is 24.2 Å². The van der Waals surface area contributed by atoms with E-state index in [-0.39, 0.29) is 38.5 Å². The molecule has 10 nitrogen and oxygen atoms in total. The van der Waals surface area contributed by atoms with Crippen LogP contribution in [-0.4, -0.2) is 73.0 Å². The lowest BCUT2D eigenvalue weighted by atomic mass is 9.87. The number of hydrogen-bond donors (Lipinski definition) is 2. The Hall–Kier alpha value is -3.65. The fraction of sp³-hybridized carbons (Fsp3) is 0.531. The number of carbonyl (C=O) groups is 2. The van der Waals surface area contributed by atoms with E-state index in [0.29, 0.717) is 25.9 Å². The average Bonchev–Trinajstić information content (AvgIpc) is 3.60. The summed E-state index contributed by atoms with van der Waals surface area (Å²) in [4.78, 5) is 27.8. The monoisotopic (exact) mass is 579 g/mol. The van der Waals surface area contributed by atoms with Crippen LogP contribution in [0.15, 0.2) is 60.7 Å². The summed E-state index contributed by atoms with van der Waals surface area (Å²) in [6.07, 6.45) is -1.21. The highest BCUT2D eigenvalue weighted by molar-refractivity contribution is 5.69. The highest BCUT2D eigenvalue weighted by Gasteiger charge is 2.44. The van der Waals surface area contributed by atoms with E-state index in [2.05, 4.69) is 11.4 Å². The van der Waals surface area contributed by atoms with Crippen LogP contribution in [0.25, 0.3) is 0 Å². The Morgan fingerprint density at radius 3 is 2.50 bits per heavy atom. The van der Waals surface area contributed by atoms with Gasteiger partial charge in [-0.15, -0.1) is 0 Å². The molecule has 2 heterocycles. The van der Waals surface area contributed by atoms with Crippen molar-refractivity contribution in [2.45, 2.75) is 70.7 Å². The van der Waals surface area contributed by atoms with Crippen LogP contribution in [0, 0.1) is 22.7 Å². The van der Waals surface area contributed by atoms with Crippen molar-refractivity contribution in [3.63, 3.8) is 0 Å². The van der Waals surface area contributed by atoms with Crippen LogP contribution in [0.3, 0.4) is 0 Å². The normalized spacial score (nSPS) is 21.0. The Morgan fingerprint density at radius 2 is 1.81 bits per heavy atom. The van der Waals surface area contributed by atoms with Gasteiger partial charge in [-0.1, -0.05) is 74.5 Å². The van der Waals surface area contributed by atoms with E-state index in [1.54, 1.807) is 0 Å². The first kappa shape index (κ1) is 31.3. The molecule has 2 saturated heterocycles. The van der Waals surface area contributed by atoms with Crippen molar-refractivity contribution in [3.8, 4) is 6.07 Å². The van der Waals surface area contributed by atoms with Crippen molar-refractivity contribution in [2.24, 2.45) is 11.3 Å². The van der Waals surface area contributed by atoms with Crippen molar-refractivity contribution in [1.29, 1.82) is 5.26 Å². The first-order chi connectivity index (χ1) is 20.2. The maximum absolute atomic E-state index is 13.3. The lowest BCUT2D eigenvalue weighted by molar-refractivity contribution is -0.0907. The maximum Gasteiger partial charge on any atom is 0.410 e. The van der Waals surface area contributed by atoms with Crippen molar-refractivity contribution < 1.29 is 33.6 Å². The highest BCUT2D eigenvalue weighted by Crippen LogP contribution is 2.33. The summed E-state index contributed by atoms with van der Waals surface area (Å²) in [6.45, 7) is 5.00. The largest absolute Gasteiger partial charge is 0.445 e. The Bertz CT molecular complexity index is 1190. The zero-order valence-corrected chi connectivity index (χ0v) is 24.3. The molecule has 2 fully saturated rings. The van der Waals surface area contributed by atoms with Crippen molar-refractivity contribution >= 4 is 12.2 Å². The van der Waals surface area contributed by atoms with E-state index in [1.165, 1.54) is 4.90 Å². The predicted molar refractivity (Wildman–Crippen MR) is 154 cm³/mol. The molecule has 2 aliphatic rings. The number of aliphatic hydroxyl groups is 1. The molecule has 0 saturated carbocycles. The molecular formula is C32H41N3O7. The molecule has 0 radical (unpaired) electrons. The summed E-state index contributed by atoms with van der Waals surface area (Å²) in [6, 6.07) is 20.2. The maximum atomic E-state index is 13.3. The van der Waals surface area contributed by atoms with E-state index < -0.39 is 35.9 Å². The second-order valence-electron chi connectivity index (χ2n) is 11.7. The smallest absolute Gasteiger partial charge is 0.410 e. The number of amides is 2.